The molecule has 0 aliphatic carbocycles. The number of benzene rings is 1. The molecule has 0 aromatic heterocycles. The summed E-state index contributed by atoms with van der Waals surface area (Å²) in [5.41, 5.74) is 0. The van der Waals surface area contributed by atoms with Crippen molar-refractivity contribution in [3.05, 3.63) is 36.4 Å². The van der Waals surface area contributed by atoms with E-state index in [9.17, 15) is 0 Å². The van der Waals surface area contributed by atoms with Gasteiger partial charge in [-0.3, -0.25) is 0 Å². The second-order valence-electron chi connectivity index (χ2n) is 1.23. The molecule has 0 unspecified atom stereocenters. The van der Waals surface area contributed by atoms with Crippen LogP contribution in [0.3, 0.4) is 0 Å². The minimum Gasteiger partial charge on any atom is -0.0623 e. The van der Waals surface area contributed by atoms with Crippen LogP contribution < -0.4 is 0 Å². The summed E-state index contributed by atoms with van der Waals surface area (Å²) in [5, 5.41) is 0. The molecule has 0 aliphatic heterocycles. The molecule has 2 radical (unpaired) electrons. The predicted octanol–water partition coefficient (Wildman–Crippen LogP) is 2.68. The van der Waals surface area contributed by atoms with Gasteiger partial charge in [-0.25, -0.2) is 0 Å². The first-order valence-electron chi connectivity index (χ1n) is 2.38. The summed E-state index contributed by atoms with van der Waals surface area (Å²) in [7, 11) is 9.87. The first kappa shape index (κ1) is 9.60. The van der Waals surface area contributed by atoms with E-state index in [1.54, 1.807) is 0 Å². The Hall–Kier alpha value is 0.599. The largest absolute Gasteiger partial charge is 0.0623 e. The van der Waals surface area contributed by atoms with E-state index in [0.717, 1.165) is 0 Å². The molecular weight excluding hydrogens is 262 g/mol. The fourth-order valence-corrected chi connectivity index (χ4v) is 0.385. The Morgan fingerprint density at radius 2 is 0.778 bits per heavy atom. The van der Waals surface area contributed by atoms with Gasteiger partial charge in [-0.05, 0) is 0 Å². The molecule has 0 N–H and O–H groups in total. The van der Waals surface area contributed by atoms with Gasteiger partial charge in [0.15, 0.2) is 0 Å². The van der Waals surface area contributed by atoms with Crippen LogP contribution in [0.4, 0.5) is 0 Å². The van der Waals surface area contributed by atoms with Gasteiger partial charge in [-0.15, -0.1) is 0 Å². The first-order valence-corrected chi connectivity index (χ1v) is 9.61. The summed E-state index contributed by atoms with van der Waals surface area (Å²) in [6.45, 7) is 0. The minimum atomic E-state index is -0.826. The molecule has 1 aromatic carbocycles. The van der Waals surface area contributed by atoms with Crippen molar-refractivity contribution in [2.45, 2.75) is 0 Å². The molecule has 0 nitrogen and oxygen atoms in total. The number of rotatable bonds is 0. The molecular formula is C6H6Cl2Sn. The van der Waals surface area contributed by atoms with Gasteiger partial charge in [0.25, 0.3) is 0 Å². The Morgan fingerprint density at radius 3 is 0.889 bits per heavy atom. The third-order valence-corrected chi connectivity index (χ3v) is 0.667. The van der Waals surface area contributed by atoms with E-state index in [1.165, 1.54) is 0 Å². The summed E-state index contributed by atoms with van der Waals surface area (Å²) >= 11 is -0.826. The molecule has 1 rings (SSSR count). The molecule has 0 spiro atoms. The molecule has 0 heterocycles. The van der Waals surface area contributed by atoms with E-state index in [1.807, 2.05) is 36.4 Å². The number of hydrogen-bond acceptors (Lipinski definition) is 0. The Morgan fingerprint density at radius 1 is 0.667 bits per heavy atom. The zero-order chi connectivity index (χ0) is 6.95. The van der Waals surface area contributed by atoms with Gasteiger partial charge in [-0.2, -0.15) is 0 Å². The van der Waals surface area contributed by atoms with Crippen LogP contribution in [0.25, 0.3) is 0 Å². The van der Waals surface area contributed by atoms with Crippen LogP contribution in [0.2, 0.25) is 0 Å². The van der Waals surface area contributed by atoms with Gasteiger partial charge in [0.05, 0.1) is 0 Å². The average Bonchev–Trinajstić information content (AvgIpc) is 1.93. The van der Waals surface area contributed by atoms with E-state index in [0.29, 0.717) is 0 Å². The topological polar surface area (TPSA) is 0 Å². The smallest absolute Gasteiger partial charge is 0.0623 e. The van der Waals surface area contributed by atoms with Crippen LogP contribution in [0, 0.1) is 0 Å². The average molecular weight is 268 g/mol. The maximum absolute atomic E-state index is 4.93. The molecule has 0 aliphatic rings. The zero-order valence-electron chi connectivity index (χ0n) is 4.72. The van der Waals surface area contributed by atoms with Gasteiger partial charge in [0.2, 0.25) is 0 Å². The summed E-state index contributed by atoms with van der Waals surface area (Å²) in [6.07, 6.45) is 0. The molecule has 0 amide bonds. The monoisotopic (exact) mass is 268 g/mol. The Balaban J connectivity index is 0.000000187. The Bertz CT molecular complexity index is 93.9. The molecule has 48 valence electrons. The maximum Gasteiger partial charge on any atom is -0.0623 e. The van der Waals surface area contributed by atoms with E-state index in [2.05, 4.69) is 0 Å². The Kier molecular flexibility index (Phi) is 9.17. The van der Waals surface area contributed by atoms with Crippen LogP contribution in [0.5, 0.6) is 0 Å². The van der Waals surface area contributed by atoms with Crippen molar-refractivity contribution in [1.82, 2.24) is 0 Å². The van der Waals surface area contributed by atoms with E-state index in [-0.39, 0.29) is 0 Å². The molecule has 3 heteroatoms. The van der Waals surface area contributed by atoms with Gasteiger partial charge in [-0.1, -0.05) is 36.4 Å². The Labute approximate surface area is 72.8 Å². The molecule has 0 bridgehead atoms. The van der Waals surface area contributed by atoms with Crippen molar-refractivity contribution < 1.29 is 0 Å². The maximum atomic E-state index is 4.93. The predicted molar refractivity (Wildman–Crippen MR) is 43.9 cm³/mol. The van der Waals surface area contributed by atoms with E-state index in [4.69, 9.17) is 17.8 Å². The van der Waals surface area contributed by atoms with Crippen LogP contribution in [-0.2, 0) is 0 Å². The fraction of sp³-hybridized carbons (Fsp3) is 0. The van der Waals surface area contributed by atoms with Crippen molar-refractivity contribution in [2.75, 3.05) is 0 Å². The van der Waals surface area contributed by atoms with Gasteiger partial charge in [0, 0.05) is 0 Å². The zero-order valence-corrected chi connectivity index (χ0v) is 9.09. The third kappa shape index (κ3) is 8.60. The van der Waals surface area contributed by atoms with Crippen LogP contribution in [-0.4, -0.2) is 18.9 Å². The second kappa shape index (κ2) is 8.60. The van der Waals surface area contributed by atoms with Crippen molar-refractivity contribution >= 4 is 36.7 Å². The standard InChI is InChI=1S/C6H6.2ClH.Sn/c1-2-4-6-5-3-1;;;/h1-6H;2*1H;/q;;;+2/p-2. The number of halogens is 2. The van der Waals surface area contributed by atoms with Gasteiger partial charge >= 0.3 is 36.7 Å². The molecule has 9 heavy (non-hydrogen) atoms. The molecule has 0 saturated heterocycles. The first-order chi connectivity index (χ1) is 4.41. The molecule has 0 fully saturated rings. The van der Waals surface area contributed by atoms with Crippen molar-refractivity contribution in [3.63, 3.8) is 0 Å². The summed E-state index contributed by atoms with van der Waals surface area (Å²) in [6, 6.07) is 12.0. The van der Waals surface area contributed by atoms with Gasteiger partial charge < -0.3 is 0 Å². The van der Waals surface area contributed by atoms with Crippen molar-refractivity contribution in [1.29, 1.82) is 0 Å². The molecule has 0 atom stereocenters. The quantitative estimate of drug-likeness (QED) is 0.634. The summed E-state index contributed by atoms with van der Waals surface area (Å²) in [5.74, 6) is 0. The molecule has 0 saturated carbocycles. The molecule has 1 aromatic rings. The van der Waals surface area contributed by atoms with Crippen LogP contribution >= 0.6 is 17.8 Å². The minimum absolute atomic E-state index is 0.826. The van der Waals surface area contributed by atoms with Crippen LogP contribution in [0.15, 0.2) is 36.4 Å². The second-order valence-corrected chi connectivity index (χ2v) is 5.47. The summed E-state index contributed by atoms with van der Waals surface area (Å²) in [4.78, 5) is 0. The normalized spacial score (nSPS) is 7.33. The van der Waals surface area contributed by atoms with Crippen LogP contribution in [0.1, 0.15) is 0 Å². The fourth-order valence-electron chi connectivity index (χ4n) is 0.385. The van der Waals surface area contributed by atoms with Gasteiger partial charge in [0.1, 0.15) is 0 Å². The number of hydrogen-bond donors (Lipinski definition) is 0. The van der Waals surface area contributed by atoms with Crippen molar-refractivity contribution in [2.24, 2.45) is 0 Å². The third-order valence-electron chi connectivity index (χ3n) is 0.667. The summed E-state index contributed by atoms with van der Waals surface area (Å²) < 4.78 is 0. The van der Waals surface area contributed by atoms with Crippen molar-refractivity contribution in [3.8, 4) is 0 Å². The van der Waals surface area contributed by atoms with E-state index < -0.39 is 18.9 Å². The SMILES string of the molecule is [Cl][Sn][Cl].c1ccccc1. The van der Waals surface area contributed by atoms with E-state index >= 15 is 0 Å².